The first kappa shape index (κ1) is 12.7. The van der Waals surface area contributed by atoms with Gasteiger partial charge in [-0.15, -0.1) is 0 Å². The molecule has 102 valence electrons. The van der Waals surface area contributed by atoms with E-state index >= 15 is 0 Å². The molecule has 5 nitrogen and oxygen atoms in total. The first-order chi connectivity index (χ1) is 9.06. The molecule has 2 saturated heterocycles. The summed E-state index contributed by atoms with van der Waals surface area (Å²) in [7, 11) is 0. The lowest BCUT2D eigenvalue weighted by atomic mass is 10.1. The van der Waals surface area contributed by atoms with Crippen molar-refractivity contribution in [3.05, 3.63) is 16.5 Å². The highest BCUT2D eigenvalue weighted by Crippen LogP contribution is 2.29. The van der Waals surface area contributed by atoms with Crippen LogP contribution < -0.4 is 4.90 Å². The van der Waals surface area contributed by atoms with E-state index in [-0.39, 0.29) is 5.91 Å². The summed E-state index contributed by atoms with van der Waals surface area (Å²) in [5.41, 5.74) is 1.77. The number of fused-ring (bicyclic) bond motifs is 1. The van der Waals surface area contributed by atoms with E-state index in [2.05, 4.69) is 14.9 Å². The Morgan fingerprint density at radius 1 is 1.21 bits per heavy atom. The Bertz CT molecular complexity index is 534. The van der Waals surface area contributed by atoms with Crippen LogP contribution >= 0.6 is 11.6 Å². The van der Waals surface area contributed by atoms with E-state index in [9.17, 15) is 4.79 Å². The quantitative estimate of drug-likeness (QED) is 0.783. The van der Waals surface area contributed by atoms with Crippen molar-refractivity contribution in [1.82, 2.24) is 14.9 Å². The predicted octanol–water partition coefficient (Wildman–Crippen LogP) is 1.56. The van der Waals surface area contributed by atoms with Gasteiger partial charge in [-0.05, 0) is 20.3 Å². The van der Waals surface area contributed by atoms with Gasteiger partial charge >= 0.3 is 0 Å². The Morgan fingerprint density at radius 3 is 2.74 bits per heavy atom. The maximum Gasteiger partial charge on any atom is 0.223 e. The van der Waals surface area contributed by atoms with Crippen LogP contribution in [0, 0.1) is 13.8 Å². The number of carbonyl (C=O) groups is 1. The molecule has 1 atom stereocenters. The van der Waals surface area contributed by atoms with Crippen molar-refractivity contribution in [2.75, 3.05) is 24.5 Å². The smallest absolute Gasteiger partial charge is 0.223 e. The minimum atomic E-state index is 0.280. The van der Waals surface area contributed by atoms with Crippen molar-refractivity contribution < 1.29 is 4.79 Å². The number of nitrogens with zero attached hydrogens (tertiary/aromatic N) is 4. The number of hydrogen-bond acceptors (Lipinski definition) is 4. The van der Waals surface area contributed by atoms with Gasteiger partial charge < -0.3 is 9.80 Å². The molecule has 2 fully saturated rings. The van der Waals surface area contributed by atoms with Crippen LogP contribution in [0.15, 0.2) is 0 Å². The number of piperazine rings is 1. The summed E-state index contributed by atoms with van der Waals surface area (Å²) in [5, 5.41) is 0.459. The minimum absolute atomic E-state index is 0.280. The Kier molecular flexibility index (Phi) is 3.09. The Labute approximate surface area is 117 Å². The second kappa shape index (κ2) is 4.63. The van der Waals surface area contributed by atoms with E-state index in [1.54, 1.807) is 0 Å². The zero-order valence-corrected chi connectivity index (χ0v) is 11.9. The van der Waals surface area contributed by atoms with Gasteiger partial charge in [0.15, 0.2) is 11.0 Å². The van der Waals surface area contributed by atoms with Crippen molar-refractivity contribution in [1.29, 1.82) is 0 Å². The monoisotopic (exact) mass is 280 g/mol. The minimum Gasteiger partial charge on any atom is -0.350 e. The van der Waals surface area contributed by atoms with E-state index in [1.165, 1.54) is 0 Å². The standard InChI is InChI=1S/C13H17ClN4O/c1-8-9(2)16-13(12(14)15-8)17-5-6-18-10(7-17)3-4-11(18)19/h10H,3-7H2,1-2H3. The molecule has 3 rings (SSSR count). The highest BCUT2D eigenvalue weighted by molar-refractivity contribution is 6.31. The Hall–Kier alpha value is -1.36. The summed E-state index contributed by atoms with van der Waals surface area (Å²) >= 11 is 6.21. The van der Waals surface area contributed by atoms with Crippen molar-refractivity contribution >= 4 is 23.3 Å². The maximum absolute atomic E-state index is 11.7. The Balaban J connectivity index is 1.84. The summed E-state index contributed by atoms with van der Waals surface area (Å²) < 4.78 is 0. The van der Waals surface area contributed by atoms with Crippen molar-refractivity contribution in [2.45, 2.75) is 32.7 Å². The van der Waals surface area contributed by atoms with E-state index in [0.29, 0.717) is 17.6 Å². The number of aromatic nitrogens is 2. The molecule has 1 aromatic rings. The molecular weight excluding hydrogens is 264 g/mol. The molecule has 6 heteroatoms. The third kappa shape index (κ3) is 2.16. The number of hydrogen-bond donors (Lipinski definition) is 0. The van der Waals surface area contributed by atoms with Gasteiger partial charge in [-0.3, -0.25) is 4.79 Å². The highest BCUT2D eigenvalue weighted by Gasteiger charge is 2.36. The van der Waals surface area contributed by atoms with Crippen LogP contribution in [-0.4, -0.2) is 46.5 Å². The highest BCUT2D eigenvalue weighted by atomic mass is 35.5. The lowest BCUT2D eigenvalue weighted by Gasteiger charge is -2.38. The first-order valence-electron chi connectivity index (χ1n) is 6.61. The van der Waals surface area contributed by atoms with Gasteiger partial charge in [-0.2, -0.15) is 0 Å². The topological polar surface area (TPSA) is 49.3 Å². The second-order valence-electron chi connectivity index (χ2n) is 5.23. The van der Waals surface area contributed by atoms with Gasteiger partial charge in [0, 0.05) is 32.1 Å². The summed E-state index contributed by atoms with van der Waals surface area (Å²) in [6.07, 6.45) is 1.61. The summed E-state index contributed by atoms with van der Waals surface area (Å²) in [5.74, 6) is 1.03. The van der Waals surface area contributed by atoms with Crippen LogP contribution in [-0.2, 0) is 4.79 Å². The second-order valence-corrected chi connectivity index (χ2v) is 5.59. The Morgan fingerprint density at radius 2 is 1.95 bits per heavy atom. The molecule has 1 unspecified atom stereocenters. The number of halogens is 1. The average Bonchev–Trinajstić information content (AvgIpc) is 2.75. The number of carbonyl (C=O) groups excluding carboxylic acids is 1. The van der Waals surface area contributed by atoms with Crippen LogP contribution in [0.4, 0.5) is 5.82 Å². The molecule has 0 bridgehead atoms. The number of aryl methyl sites for hydroxylation is 2. The molecule has 0 spiro atoms. The van der Waals surface area contributed by atoms with Crippen LogP contribution in [0.5, 0.6) is 0 Å². The number of rotatable bonds is 1. The van der Waals surface area contributed by atoms with Crippen molar-refractivity contribution in [3.8, 4) is 0 Å². The van der Waals surface area contributed by atoms with Gasteiger partial charge in [-0.25, -0.2) is 9.97 Å². The maximum atomic E-state index is 11.7. The summed E-state index contributed by atoms with van der Waals surface area (Å²) in [6.45, 7) is 6.19. The predicted molar refractivity (Wildman–Crippen MR) is 73.5 cm³/mol. The SMILES string of the molecule is Cc1nc(Cl)c(N2CCN3C(=O)CCC3C2)nc1C. The van der Waals surface area contributed by atoms with Gasteiger partial charge in [-0.1, -0.05) is 11.6 Å². The molecule has 2 aliphatic heterocycles. The number of amides is 1. The molecule has 3 heterocycles. The molecule has 0 aliphatic carbocycles. The van der Waals surface area contributed by atoms with Gasteiger partial charge in [0.2, 0.25) is 5.91 Å². The van der Waals surface area contributed by atoms with E-state index in [0.717, 1.165) is 43.3 Å². The van der Waals surface area contributed by atoms with Crippen molar-refractivity contribution in [2.24, 2.45) is 0 Å². The fraction of sp³-hybridized carbons (Fsp3) is 0.615. The van der Waals surface area contributed by atoms with Crippen LogP contribution in [0.3, 0.4) is 0 Å². The third-order valence-electron chi connectivity index (χ3n) is 4.04. The fourth-order valence-corrected chi connectivity index (χ4v) is 3.11. The summed E-state index contributed by atoms with van der Waals surface area (Å²) in [4.78, 5) is 24.7. The lowest BCUT2D eigenvalue weighted by Crippen LogP contribution is -2.51. The lowest BCUT2D eigenvalue weighted by molar-refractivity contribution is -0.129. The molecule has 1 amide bonds. The van der Waals surface area contributed by atoms with E-state index < -0.39 is 0 Å². The molecular formula is C13H17ClN4O. The molecule has 2 aliphatic rings. The largest absolute Gasteiger partial charge is 0.350 e. The molecule has 0 radical (unpaired) electrons. The normalized spacial score (nSPS) is 22.9. The zero-order valence-electron chi connectivity index (χ0n) is 11.2. The van der Waals surface area contributed by atoms with E-state index in [4.69, 9.17) is 11.6 Å². The van der Waals surface area contributed by atoms with Gasteiger partial charge in [0.1, 0.15) is 0 Å². The molecule has 1 aromatic heterocycles. The number of anilines is 1. The molecule has 19 heavy (non-hydrogen) atoms. The van der Waals surface area contributed by atoms with Gasteiger partial charge in [0.05, 0.1) is 11.4 Å². The first-order valence-corrected chi connectivity index (χ1v) is 6.99. The van der Waals surface area contributed by atoms with Crippen LogP contribution in [0.2, 0.25) is 5.15 Å². The molecule has 0 saturated carbocycles. The zero-order chi connectivity index (χ0) is 13.6. The van der Waals surface area contributed by atoms with E-state index in [1.807, 2.05) is 18.7 Å². The van der Waals surface area contributed by atoms with Gasteiger partial charge in [0.25, 0.3) is 0 Å². The van der Waals surface area contributed by atoms with Crippen molar-refractivity contribution in [3.63, 3.8) is 0 Å². The van der Waals surface area contributed by atoms with Crippen LogP contribution in [0.1, 0.15) is 24.2 Å². The summed E-state index contributed by atoms with van der Waals surface area (Å²) in [6, 6.07) is 0.306. The fourth-order valence-electron chi connectivity index (χ4n) is 2.82. The third-order valence-corrected chi connectivity index (χ3v) is 4.30. The molecule has 0 N–H and O–H groups in total. The molecule has 0 aromatic carbocycles. The average molecular weight is 281 g/mol. The van der Waals surface area contributed by atoms with Crippen LogP contribution in [0.25, 0.3) is 0 Å².